The zero-order chi connectivity index (χ0) is 15.6. The molecule has 2 rings (SSSR count). The number of aromatic nitrogens is 4. The van der Waals surface area contributed by atoms with Gasteiger partial charge in [-0.1, -0.05) is 0 Å². The molecule has 0 saturated heterocycles. The minimum absolute atomic E-state index is 0.841. The highest BCUT2D eigenvalue weighted by Crippen LogP contribution is 2.10. The predicted octanol–water partition coefficient (Wildman–Crippen LogP) is 1.23. The highest BCUT2D eigenvalue weighted by atomic mass is 32.1. The van der Waals surface area contributed by atoms with Crippen LogP contribution in [0.2, 0.25) is 0 Å². The second kappa shape index (κ2) is 9.14. The molecule has 0 saturated carbocycles. The Morgan fingerprint density at radius 3 is 2.68 bits per heavy atom. The number of guanidine groups is 1. The molecule has 120 valence electrons. The van der Waals surface area contributed by atoms with Crippen molar-refractivity contribution in [3.8, 4) is 0 Å². The summed E-state index contributed by atoms with van der Waals surface area (Å²) in [5.41, 5.74) is 0. The van der Waals surface area contributed by atoms with Crippen LogP contribution in [-0.2, 0) is 13.0 Å². The molecule has 2 N–H and O–H groups in total. The molecule has 0 aromatic carbocycles. The van der Waals surface area contributed by atoms with Gasteiger partial charge >= 0.3 is 0 Å². The van der Waals surface area contributed by atoms with Crippen LogP contribution in [0.4, 0.5) is 0 Å². The standard InChI is InChI=1S/C14H23N7S/c1-12-9-18-13(22-12)5-7-17-14(15-2)16-6-3-4-8-21-10-19-20-11-21/h9-11H,3-8H2,1-2H3,(H2,15,16,17). The number of nitrogens with zero attached hydrogens (tertiary/aromatic N) is 5. The van der Waals surface area contributed by atoms with E-state index in [1.807, 2.05) is 10.8 Å². The first-order valence-corrected chi connectivity index (χ1v) is 8.28. The third-order valence-corrected chi connectivity index (χ3v) is 4.10. The summed E-state index contributed by atoms with van der Waals surface area (Å²) in [5, 5.41) is 15.4. The average molecular weight is 321 g/mol. The first kappa shape index (κ1) is 16.4. The van der Waals surface area contributed by atoms with Gasteiger partial charge in [-0.2, -0.15) is 0 Å². The average Bonchev–Trinajstić information content (AvgIpc) is 3.17. The van der Waals surface area contributed by atoms with Crippen molar-refractivity contribution in [3.05, 3.63) is 28.7 Å². The maximum absolute atomic E-state index is 4.36. The van der Waals surface area contributed by atoms with E-state index in [4.69, 9.17) is 0 Å². The number of nitrogens with one attached hydrogen (secondary N) is 2. The normalized spacial score (nSPS) is 11.6. The van der Waals surface area contributed by atoms with E-state index >= 15 is 0 Å². The molecule has 0 aliphatic carbocycles. The Morgan fingerprint density at radius 2 is 2.00 bits per heavy atom. The van der Waals surface area contributed by atoms with Crippen molar-refractivity contribution in [3.63, 3.8) is 0 Å². The molecule has 0 amide bonds. The molecule has 2 heterocycles. The Bertz CT molecular complexity index is 562. The molecule has 0 bridgehead atoms. The Labute approximate surface area is 134 Å². The predicted molar refractivity (Wildman–Crippen MR) is 89.2 cm³/mol. The number of thiazole rings is 1. The largest absolute Gasteiger partial charge is 0.356 e. The Kier molecular flexibility index (Phi) is 6.82. The van der Waals surface area contributed by atoms with Crippen LogP contribution in [0, 0.1) is 6.92 Å². The van der Waals surface area contributed by atoms with Crippen LogP contribution in [0.5, 0.6) is 0 Å². The van der Waals surface area contributed by atoms with E-state index in [0.717, 1.165) is 49.9 Å². The first-order chi connectivity index (χ1) is 10.8. The molecule has 0 unspecified atom stereocenters. The summed E-state index contributed by atoms with van der Waals surface area (Å²) in [7, 11) is 1.79. The second-order valence-electron chi connectivity index (χ2n) is 4.95. The molecule has 0 atom stereocenters. The third-order valence-electron chi connectivity index (χ3n) is 3.13. The molecule has 2 aromatic rings. The van der Waals surface area contributed by atoms with Crippen molar-refractivity contribution in [2.45, 2.75) is 32.7 Å². The van der Waals surface area contributed by atoms with Gasteiger partial charge in [0.25, 0.3) is 0 Å². The fourth-order valence-electron chi connectivity index (χ4n) is 1.99. The summed E-state index contributed by atoms with van der Waals surface area (Å²) < 4.78 is 1.99. The van der Waals surface area contributed by atoms with E-state index < -0.39 is 0 Å². The second-order valence-corrected chi connectivity index (χ2v) is 6.27. The third kappa shape index (κ3) is 5.80. The zero-order valence-electron chi connectivity index (χ0n) is 13.1. The molecule has 2 aromatic heterocycles. The summed E-state index contributed by atoms with van der Waals surface area (Å²) in [6.07, 6.45) is 8.49. The lowest BCUT2D eigenvalue weighted by molar-refractivity contribution is 0.597. The maximum Gasteiger partial charge on any atom is 0.190 e. The SMILES string of the molecule is CN=C(NCCCCn1cnnc1)NCCc1ncc(C)s1. The molecule has 0 aliphatic heterocycles. The minimum Gasteiger partial charge on any atom is -0.356 e. The van der Waals surface area contributed by atoms with Crippen LogP contribution in [-0.4, -0.2) is 45.8 Å². The quantitative estimate of drug-likeness (QED) is 0.434. The number of hydrogen-bond acceptors (Lipinski definition) is 5. The Balaban J connectivity index is 1.55. The highest BCUT2D eigenvalue weighted by Gasteiger charge is 2.00. The van der Waals surface area contributed by atoms with Crippen molar-refractivity contribution >= 4 is 17.3 Å². The van der Waals surface area contributed by atoms with E-state index in [9.17, 15) is 0 Å². The monoisotopic (exact) mass is 321 g/mol. The van der Waals surface area contributed by atoms with E-state index in [1.54, 1.807) is 31.0 Å². The topological polar surface area (TPSA) is 80.0 Å². The van der Waals surface area contributed by atoms with Crippen molar-refractivity contribution in [2.75, 3.05) is 20.1 Å². The highest BCUT2D eigenvalue weighted by molar-refractivity contribution is 7.11. The van der Waals surface area contributed by atoms with Gasteiger partial charge in [0.1, 0.15) is 12.7 Å². The molecule has 8 heteroatoms. The van der Waals surface area contributed by atoms with Crippen LogP contribution in [0.15, 0.2) is 23.8 Å². The maximum atomic E-state index is 4.36. The number of hydrogen-bond donors (Lipinski definition) is 2. The van der Waals surface area contributed by atoms with Crippen LogP contribution < -0.4 is 10.6 Å². The Morgan fingerprint density at radius 1 is 1.23 bits per heavy atom. The van der Waals surface area contributed by atoms with E-state index in [2.05, 4.69) is 37.7 Å². The lowest BCUT2D eigenvalue weighted by atomic mass is 10.3. The number of unbranched alkanes of at least 4 members (excludes halogenated alkanes) is 1. The van der Waals surface area contributed by atoms with Crippen LogP contribution in [0.25, 0.3) is 0 Å². The fraction of sp³-hybridized carbons (Fsp3) is 0.571. The van der Waals surface area contributed by atoms with Gasteiger partial charge in [0.05, 0.1) is 5.01 Å². The van der Waals surface area contributed by atoms with Crippen molar-refractivity contribution < 1.29 is 0 Å². The molecule has 7 nitrogen and oxygen atoms in total. The van der Waals surface area contributed by atoms with E-state index in [1.165, 1.54) is 4.88 Å². The van der Waals surface area contributed by atoms with E-state index in [-0.39, 0.29) is 0 Å². The molecule has 0 radical (unpaired) electrons. The first-order valence-electron chi connectivity index (χ1n) is 7.46. The van der Waals surface area contributed by atoms with Crippen LogP contribution in [0.1, 0.15) is 22.7 Å². The van der Waals surface area contributed by atoms with Crippen LogP contribution >= 0.6 is 11.3 Å². The van der Waals surface area contributed by atoms with Crippen LogP contribution in [0.3, 0.4) is 0 Å². The number of rotatable bonds is 8. The Hall–Kier alpha value is -1.96. The van der Waals surface area contributed by atoms with Gasteiger partial charge in [-0.15, -0.1) is 21.5 Å². The molecule has 22 heavy (non-hydrogen) atoms. The summed E-state index contributed by atoms with van der Waals surface area (Å²) >= 11 is 1.75. The van der Waals surface area contributed by atoms with E-state index in [0.29, 0.717) is 0 Å². The molecule has 0 spiro atoms. The lowest BCUT2D eigenvalue weighted by Crippen LogP contribution is -2.38. The van der Waals surface area contributed by atoms with Gasteiger partial charge in [-0.05, 0) is 19.8 Å². The van der Waals surface area contributed by atoms with Crippen molar-refractivity contribution in [1.29, 1.82) is 0 Å². The minimum atomic E-state index is 0.841. The summed E-state index contributed by atoms with van der Waals surface area (Å²) in [5.74, 6) is 0.845. The number of aliphatic imine (C=N–C) groups is 1. The van der Waals surface area contributed by atoms with Gasteiger partial charge in [0, 0.05) is 44.2 Å². The van der Waals surface area contributed by atoms with Crippen molar-refractivity contribution in [2.24, 2.45) is 4.99 Å². The molecular weight excluding hydrogens is 298 g/mol. The summed E-state index contributed by atoms with van der Waals surface area (Å²) in [4.78, 5) is 9.83. The van der Waals surface area contributed by atoms with Gasteiger partial charge in [-0.3, -0.25) is 4.99 Å². The zero-order valence-corrected chi connectivity index (χ0v) is 13.9. The molecule has 0 fully saturated rings. The fourth-order valence-corrected chi connectivity index (χ4v) is 2.78. The van der Waals surface area contributed by atoms with Gasteiger partial charge < -0.3 is 15.2 Å². The summed E-state index contributed by atoms with van der Waals surface area (Å²) in [6.45, 7) is 4.77. The lowest BCUT2D eigenvalue weighted by Gasteiger charge is -2.11. The number of aryl methyl sites for hydroxylation is 2. The molecule has 0 aliphatic rings. The smallest absolute Gasteiger partial charge is 0.190 e. The van der Waals surface area contributed by atoms with Gasteiger partial charge in [0.15, 0.2) is 5.96 Å². The summed E-state index contributed by atoms with van der Waals surface area (Å²) in [6, 6.07) is 0. The van der Waals surface area contributed by atoms with Gasteiger partial charge in [0.2, 0.25) is 0 Å². The van der Waals surface area contributed by atoms with Gasteiger partial charge in [-0.25, -0.2) is 4.98 Å². The molecular formula is C14H23N7S. The van der Waals surface area contributed by atoms with Crippen molar-refractivity contribution in [1.82, 2.24) is 30.4 Å².